The van der Waals surface area contributed by atoms with E-state index in [1.807, 2.05) is 43.3 Å². The van der Waals surface area contributed by atoms with Crippen LogP contribution >= 0.6 is 15.9 Å². The Bertz CT molecular complexity index is 549. The van der Waals surface area contributed by atoms with Crippen LogP contribution < -0.4 is 5.73 Å². The number of nitrogens with zero attached hydrogens (tertiary/aromatic N) is 2. The maximum atomic E-state index is 6.01. The number of benzene rings is 1. The van der Waals surface area contributed by atoms with Crippen LogP contribution in [-0.4, -0.2) is 16.9 Å². The number of aromatic nitrogens is 1. The molecule has 0 atom stereocenters. The Morgan fingerprint density at radius 3 is 2.58 bits per heavy atom. The Labute approximate surface area is 122 Å². The van der Waals surface area contributed by atoms with Gasteiger partial charge >= 0.3 is 0 Å². The molecule has 0 aliphatic rings. The molecular formula is C15H18BrN3. The smallest absolute Gasteiger partial charge is 0.0547 e. The molecule has 2 aromatic rings. The molecule has 0 saturated carbocycles. The van der Waals surface area contributed by atoms with Gasteiger partial charge in [0.1, 0.15) is 0 Å². The lowest BCUT2D eigenvalue weighted by Crippen LogP contribution is -2.19. The summed E-state index contributed by atoms with van der Waals surface area (Å²) in [4.78, 5) is 6.72. The Morgan fingerprint density at radius 1 is 1.16 bits per heavy atom. The summed E-state index contributed by atoms with van der Waals surface area (Å²) < 4.78 is 1.05. The fourth-order valence-corrected chi connectivity index (χ4v) is 2.54. The molecule has 0 spiro atoms. The standard InChI is InChI=1S/C15H18BrN3/c1-11-5-3-6-12(18-11)9-19(2)10-13-14(16)7-4-8-15(13)17/h3-8H,9-10,17H2,1-2H3. The van der Waals surface area contributed by atoms with Crippen molar-refractivity contribution in [3.8, 4) is 0 Å². The summed E-state index contributed by atoms with van der Waals surface area (Å²) in [6.45, 7) is 3.61. The van der Waals surface area contributed by atoms with Crippen LogP contribution in [0.2, 0.25) is 0 Å². The second-order valence-electron chi connectivity index (χ2n) is 4.75. The predicted octanol–water partition coefficient (Wildman–Crippen LogP) is 3.37. The van der Waals surface area contributed by atoms with E-state index in [-0.39, 0.29) is 0 Å². The van der Waals surface area contributed by atoms with Crippen LogP contribution in [0.15, 0.2) is 40.9 Å². The molecule has 0 saturated heterocycles. The number of nitrogen functional groups attached to an aromatic ring is 1. The van der Waals surface area contributed by atoms with E-state index in [2.05, 4.69) is 32.9 Å². The molecule has 0 amide bonds. The first-order valence-electron chi connectivity index (χ1n) is 6.20. The molecule has 0 aliphatic heterocycles. The molecule has 3 nitrogen and oxygen atoms in total. The monoisotopic (exact) mass is 319 g/mol. The number of nitrogens with two attached hydrogens (primary N) is 1. The Hall–Kier alpha value is -1.39. The van der Waals surface area contributed by atoms with E-state index in [0.29, 0.717) is 0 Å². The fraction of sp³-hybridized carbons (Fsp3) is 0.267. The lowest BCUT2D eigenvalue weighted by atomic mass is 10.1. The van der Waals surface area contributed by atoms with E-state index in [1.165, 1.54) is 0 Å². The van der Waals surface area contributed by atoms with Crippen molar-refractivity contribution in [2.24, 2.45) is 0 Å². The van der Waals surface area contributed by atoms with Crippen molar-refractivity contribution >= 4 is 21.6 Å². The third kappa shape index (κ3) is 3.78. The molecule has 1 aromatic carbocycles. The summed E-state index contributed by atoms with van der Waals surface area (Å²) in [5.41, 5.74) is 10.1. The van der Waals surface area contributed by atoms with Crippen LogP contribution in [-0.2, 0) is 13.1 Å². The zero-order valence-corrected chi connectivity index (χ0v) is 12.8. The molecule has 100 valence electrons. The third-order valence-electron chi connectivity index (χ3n) is 2.96. The molecule has 0 radical (unpaired) electrons. The zero-order valence-electron chi connectivity index (χ0n) is 11.2. The van der Waals surface area contributed by atoms with Crippen molar-refractivity contribution in [1.82, 2.24) is 9.88 Å². The zero-order chi connectivity index (χ0) is 13.8. The number of rotatable bonds is 4. The first-order valence-corrected chi connectivity index (χ1v) is 6.99. The quantitative estimate of drug-likeness (QED) is 0.878. The topological polar surface area (TPSA) is 42.1 Å². The molecule has 1 aromatic heterocycles. The highest BCUT2D eigenvalue weighted by molar-refractivity contribution is 9.10. The van der Waals surface area contributed by atoms with Gasteiger partial charge in [0, 0.05) is 34.5 Å². The second-order valence-corrected chi connectivity index (χ2v) is 5.60. The van der Waals surface area contributed by atoms with Crippen LogP contribution in [0, 0.1) is 6.92 Å². The van der Waals surface area contributed by atoms with E-state index in [0.717, 1.165) is 40.2 Å². The van der Waals surface area contributed by atoms with E-state index in [4.69, 9.17) is 5.73 Å². The Balaban J connectivity index is 2.07. The second kappa shape index (κ2) is 6.17. The lowest BCUT2D eigenvalue weighted by molar-refractivity contribution is 0.315. The molecule has 4 heteroatoms. The highest BCUT2D eigenvalue weighted by atomic mass is 79.9. The molecule has 0 fully saturated rings. The van der Waals surface area contributed by atoms with Crippen molar-refractivity contribution in [2.45, 2.75) is 20.0 Å². The van der Waals surface area contributed by atoms with Crippen LogP contribution in [0.1, 0.15) is 17.0 Å². The van der Waals surface area contributed by atoms with Crippen molar-refractivity contribution in [3.63, 3.8) is 0 Å². The van der Waals surface area contributed by atoms with Gasteiger partial charge in [0.2, 0.25) is 0 Å². The number of anilines is 1. The van der Waals surface area contributed by atoms with Crippen molar-refractivity contribution in [1.29, 1.82) is 0 Å². The van der Waals surface area contributed by atoms with Crippen molar-refractivity contribution in [2.75, 3.05) is 12.8 Å². The van der Waals surface area contributed by atoms with Crippen molar-refractivity contribution < 1.29 is 0 Å². The number of hydrogen-bond acceptors (Lipinski definition) is 3. The average molecular weight is 320 g/mol. The minimum atomic E-state index is 0.795. The van der Waals surface area contributed by atoms with Crippen molar-refractivity contribution in [3.05, 3.63) is 57.8 Å². The Morgan fingerprint density at radius 2 is 1.89 bits per heavy atom. The number of hydrogen-bond donors (Lipinski definition) is 1. The van der Waals surface area contributed by atoms with E-state index < -0.39 is 0 Å². The summed E-state index contributed by atoms with van der Waals surface area (Å²) in [5.74, 6) is 0. The first-order chi connectivity index (χ1) is 9.06. The summed E-state index contributed by atoms with van der Waals surface area (Å²) in [6.07, 6.45) is 0. The molecule has 0 unspecified atom stereocenters. The summed E-state index contributed by atoms with van der Waals surface area (Å²) in [5, 5.41) is 0. The Kier molecular flexibility index (Phi) is 4.56. The maximum absolute atomic E-state index is 6.01. The van der Waals surface area contributed by atoms with Gasteiger partial charge in [-0.3, -0.25) is 9.88 Å². The van der Waals surface area contributed by atoms with E-state index >= 15 is 0 Å². The van der Waals surface area contributed by atoms with Gasteiger partial charge in [0.25, 0.3) is 0 Å². The molecular weight excluding hydrogens is 302 g/mol. The normalized spacial score (nSPS) is 10.9. The van der Waals surface area contributed by atoms with E-state index in [1.54, 1.807) is 0 Å². The van der Waals surface area contributed by atoms with Crippen LogP contribution in [0.5, 0.6) is 0 Å². The minimum Gasteiger partial charge on any atom is -0.398 e. The van der Waals surface area contributed by atoms with Gasteiger partial charge in [-0.05, 0) is 38.2 Å². The number of pyridine rings is 1. The molecule has 19 heavy (non-hydrogen) atoms. The highest BCUT2D eigenvalue weighted by Crippen LogP contribution is 2.24. The molecule has 2 N–H and O–H groups in total. The largest absolute Gasteiger partial charge is 0.398 e. The van der Waals surface area contributed by atoms with Crippen LogP contribution in [0.4, 0.5) is 5.69 Å². The molecule has 0 aliphatic carbocycles. The third-order valence-corrected chi connectivity index (χ3v) is 3.70. The van der Waals surface area contributed by atoms with Gasteiger partial charge in [0.05, 0.1) is 5.69 Å². The van der Waals surface area contributed by atoms with Gasteiger partial charge in [-0.2, -0.15) is 0 Å². The van der Waals surface area contributed by atoms with Gasteiger partial charge in [-0.25, -0.2) is 0 Å². The van der Waals surface area contributed by atoms with Gasteiger partial charge in [0.15, 0.2) is 0 Å². The summed E-state index contributed by atoms with van der Waals surface area (Å²) >= 11 is 3.55. The van der Waals surface area contributed by atoms with Crippen LogP contribution in [0.25, 0.3) is 0 Å². The average Bonchev–Trinajstić information content (AvgIpc) is 2.34. The minimum absolute atomic E-state index is 0.795. The summed E-state index contributed by atoms with van der Waals surface area (Å²) in [7, 11) is 2.07. The highest BCUT2D eigenvalue weighted by Gasteiger charge is 2.08. The van der Waals surface area contributed by atoms with E-state index in [9.17, 15) is 0 Å². The number of halogens is 1. The maximum Gasteiger partial charge on any atom is 0.0547 e. The molecule has 0 bridgehead atoms. The van der Waals surface area contributed by atoms with Gasteiger partial charge < -0.3 is 5.73 Å². The lowest BCUT2D eigenvalue weighted by Gasteiger charge is -2.18. The predicted molar refractivity (Wildman–Crippen MR) is 82.7 cm³/mol. The van der Waals surface area contributed by atoms with Gasteiger partial charge in [-0.15, -0.1) is 0 Å². The first kappa shape index (κ1) is 14.0. The molecule has 2 rings (SSSR count). The summed E-state index contributed by atoms with van der Waals surface area (Å²) in [6, 6.07) is 12.0. The molecule has 1 heterocycles. The number of aryl methyl sites for hydroxylation is 1. The fourth-order valence-electron chi connectivity index (χ4n) is 2.03. The SMILES string of the molecule is Cc1cccc(CN(C)Cc2c(N)cccc2Br)n1. The van der Waals surface area contributed by atoms with Crippen LogP contribution in [0.3, 0.4) is 0 Å². The van der Waals surface area contributed by atoms with Gasteiger partial charge in [-0.1, -0.05) is 28.1 Å².